The Bertz CT molecular complexity index is 361. The molecule has 2 rings (SSSR count). The lowest BCUT2D eigenvalue weighted by atomic mass is 10.0. The number of alkyl halides is 2. The van der Waals surface area contributed by atoms with E-state index in [1.807, 2.05) is 6.92 Å². The van der Waals surface area contributed by atoms with E-state index >= 15 is 0 Å². The van der Waals surface area contributed by atoms with Crippen molar-refractivity contribution in [1.29, 1.82) is 0 Å². The SMILES string of the molecule is CC1(CNCc2nccn2C(F)F)CCCO1. The number of ether oxygens (including phenoxy) is 1. The van der Waals surface area contributed by atoms with Crippen LogP contribution in [-0.2, 0) is 11.3 Å². The molecule has 0 spiro atoms. The Balaban J connectivity index is 1.83. The van der Waals surface area contributed by atoms with Crippen LogP contribution < -0.4 is 5.32 Å². The van der Waals surface area contributed by atoms with Crippen LogP contribution in [0.5, 0.6) is 0 Å². The van der Waals surface area contributed by atoms with E-state index in [-0.39, 0.29) is 5.60 Å². The topological polar surface area (TPSA) is 39.1 Å². The van der Waals surface area contributed by atoms with Crippen LogP contribution in [-0.4, -0.2) is 28.3 Å². The highest BCUT2D eigenvalue weighted by atomic mass is 19.3. The van der Waals surface area contributed by atoms with Crippen molar-refractivity contribution >= 4 is 0 Å². The first-order valence-electron chi connectivity index (χ1n) is 5.75. The van der Waals surface area contributed by atoms with Gasteiger partial charge in [0.1, 0.15) is 5.82 Å². The predicted molar refractivity (Wildman–Crippen MR) is 58.8 cm³/mol. The molecule has 1 atom stereocenters. The van der Waals surface area contributed by atoms with E-state index in [1.54, 1.807) is 0 Å². The van der Waals surface area contributed by atoms with Crippen LogP contribution >= 0.6 is 0 Å². The van der Waals surface area contributed by atoms with Crippen molar-refractivity contribution < 1.29 is 13.5 Å². The molecule has 1 aliphatic heterocycles. The summed E-state index contributed by atoms with van der Waals surface area (Å²) in [6, 6.07) is 0. The Labute approximate surface area is 99.0 Å². The first-order valence-corrected chi connectivity index (χ1v) is 5.75. The predicted octanol–water partition coefficient (Wildman–Crippen LogP) is 1.94. The van der Waals surface area contributed by atoms with Gasteiger partial charge in [-0.3, -0.25) is 4.57 Å². The van der Waals surface area contributed by atoms with Gasteiger partial charge in [0.05, 0.1) is 12.1 Å². The first kappa shape index (κ1) is 12.4. The lowest BCUT2D eigenvalue weighted by molar-refractivity contribution is 0.0201. The molecule has 1 unspecified atom stereocenters. The van der Waals surface area contributed by atoms with Crippen molar-refractivity contribution in [3.05, 3.63) is 18.2 Å². The number of nitrogens with one attached hydrogen (secondary N) is 1. The number of aromatic nitrogens is 2. The van der Waals surface area contributed by atoms with E-state index in [0.717, 1.165) is 24.0 Å². The second kappa shape index (κ2) is 5.10. The van der Waals surface area contributed by atoms with Crippen molar-refractivity contribution in [3.8, 4) is 0 Å². The number of halogens is 2. The average molecular weight is 245 g/mol. The quantitative estimate of drug-likeness (QED) is 0.861. The maximum absolute atomic E-state index is 12.5. The zero-order valence-corrected chi connectivity index (χ0v) is 9.83. The molecule has 1 aliphatic rings. The van der Waals surface area contributed by atoms with E-state index in [0.29, 0.717) is 18.9 Å². The maximum atomic E-state index is 12.5. The monoisotopic (exact) mass is 245 g/mol. The summed E-state index contributed by atoms with van der Waals surface area (Å²) in [6.45, 7) is 1.27. The minimum absolute atomic E-state index is 0.164. The van der Waals surface area contributed by atoms with Gasteiger partial charge in [-0.25, -0.2) is 4.98 Å². The van der Waals surface area contributed by atoms with Crippen LogP contribution in [0.3, 0.4) is 0 Å². The highest BCUT2D eigenvalue weighted by molar-refractivity contribution is 4.93. The summed E-state index contributed by atoms with van der Waals surface area (Å²) in [5, 5.41) is 3.12. The fourth-order valence-corrected chi connectivity index (χ4v) is 2.07. The van der Waals surface area contributed by atoms with Crippen molar-refractivity contribution in [2.24, 2.45) is 0 Å². The average Bonchev–Trinajstić information content (AvgIpc) is 2.87. The zero-order chi connectivity index (χ0) is 12.3. The van der Waals surface area contributed by atoms with Gasteiger partial charge in [-0.1, -0.05) is 0 Å². The Morgan fingerprint density at radius 1 is 1.65 bits per heavy atom. The number of nitrogens with zero attached hydrogens (tertiary/aromatic N) is 2. The van der Waals surface area contributed by atoms with Gasteiger partial charge in [0.25, 0.3) is 0 Å². The largest absolute Gasteiger partial charge is 0.374 e. The highest BCUT2D eigenvalue weighted by Gasteiger charge is 2.29. The fraction of sp³-hybridized carbons (Fsp3) is 0.727. The molecule has 0 aromatic carbocycles. The number of rotatable bonds is 5. The van der Waals surface area contributed by atoms with Gasteiger partial charge in [-0.05, 0) is 19.8 Å². The lowest BCUT2D eigenvalue weighted by Gasteiger charge is -2.23. The Hall–Kier alpha value is -1.01. The summed E-state index contributed by atoms with van der Waals surface area (Å²) in [5.74, 6) is 0.349. The highest BCUT2D eigenvalue weighted by Crippen LogP contribution is 2.24. The molecular formula is C11H17F2N3O. The maximum Gasteiger partial charge on any atom is 0.319 e. The van der Waals surface area contributed by atoms with Crippen LogP contribution in [0.4, 0.5) is 8.78 Å². The van der Waals surface area contributed by atoms with Crippen molar-refractivity contribution in [1.82, 2.24) is 14.9 Å². The summed E-state index contributed by atoms with van der Waals surface area (Å²) < 4.78 is 31.5. The fourth-order valence-electron chi connectivity index (χ4n) is 2.07. The van der Waals surface area contributed by atoms with E-state index in [9.17, 15) is 8.78 Å². The molecule has 0 bridgehead atoms. The molecule has 1 fully saturated rings. The minimum atomic E-state index is -2.53. The Morgan fingerprint density at radius 2 is 2.47 bits per heavy atom. The van der Waals surface area contributed by atoms with E-state index in [1.165, 1.54) is 12.4 Å². The van der Waals surface area contributed by atoms with Gasteiger partial charge in [0.15, 0.2) is 0 Å². The molecule has 4 nitrogen and oxygen atoms in total. The van der Waals surface area contributed by atoms with Crippen LogP contribution in [0.25, 0.3) is 0 Å². The van der Waals surface area contributed by atoms with Gasteiger partial charge in [-0.15, -0.1) is 0 Å². The van der Waals surface area contributed by atoms with Crippen LogP contribution in [0.15, 0.2) is 12.4 Å². The summed E-state index contributed by atoms with van der Waals surface area (Å²) in [7, 11) is 0. The zero-order valence-electron chi connectivity index (χ0n) is 9.83. The molecule has 0 saturated carbocycles. The third-order valence-corrected chi connectivity index (χ3v) is 3.04. The summed E-state index contributed by atoms with van der Waals surface area (Å²) in [4.78, 5) is 3.90. The summed E-state index contributed by atoms with van der Waals surface area (Å²) >= 11 is 0. The molecule has 17 heavy (non-hydrogen) atoms. The van der Waals surface area contributed by atoms with Gasteiger partial charge < -0.3 is 10.1 Å². The van der Waals surface area contributed by atoms with Gasteiger partial charge >= 0.3 is 6.55 Å². The molecular weight excluding hydrogens is 228 g/mol. The summed E-state index contributed by atoms with van der Waals surface area (Å²) in [5.41, 5.74) is -0.164. The second-order valence-electron chi connectivity index (χ2n) is 4.53. The third-order valence-electron chi connectivity index (χ3n) is 3.04. The normalized spacial score (nSPS) is 24.7. The Morgan fingerprint density at radius 3 is 3.12 bits per heavy atom. The smallest absolute Gasteiger partial charge is 0.319 e. The van der Waals surface area contributed by atoms with Crippen LogP contribution in [0, 0.1) is 0 Å². The van der Waals surface area contributed by atoms with Gasteiger partial charge in [0.2, 0.25) is 0 Å². The van der Waals surface area contributed by atoms with Crippen LogP contribution in [0.2, 0.25) is 0 Å². The molecule has 1 N–H and O–H groups in total. The standard InChI is InChI=1S/C11H17F2N3O/c1-11(3-2-6-17-11)8-14-7-9-15-4-5-16(9)10(12)13/h4-5,10,14H,2-3,6-8H2,1H3. The Kier molecular flexibility index (Phi) is 3.73. The molecule has 0 amide bonds. The van der Waals surface area contributed by atoms with Gasteiger partial charge in [-0.2, -0.15) is 8.78 Å². The molecule has 6 heteroatoms. The lowest BCUT2D eigenvalue weighted by Crippen LogP contribution is -2.37. The number of hydrogen-bond acceptors (Lipinski definition) is 3. The van der Waals surface area contributed by atoms with E-state index in [4.69, 9.17) is 4.74 Å². The van der Waals surface area contributed by atoms with E-state index in [2.05, 4.69) is 10.3 Å². The van der Waals surface area contributed by atoms with Gasteiger partial charge in [0, 0.05) is 25.5 Å². The van der Waals surface area contributed by atoms with Crippen molar-refractivity contribution in [3.63, 3.8) is 0 Å². The minimum Gasteiger partial charge on any atom is -0.374 e. The molecule has 2 heterocycles. The molecule has 1 aromatic heterocycles. The molecule has 96 valence electrons. The number of imidazole rings is 1. The van der Waals surface area contributed by atoms with Crippen molar-refractivity contribution in [2.45, 2.75) is 38.5 Å². The second-order valence-corrected chi connectivity index (χ2v) is 4.53. The van der Waals surface area contributed by atoms with Crippen molar-refractivity contribution in [2.75, 3.05) is 13.2 Å². The summed E-state index contributed by atoms with van der Waals surface area (Å²) in [6.07, 6.45) is 4.74. The number of hydrogen-bond donors (Lipinski definition) is 1. The molecule has 1 saturated heterocycles. The first-order chi connectivity index (χ1) is 8.11. The third kappa shape index (κ3) is 3.01. The van der Waals surface area contributed by atoms with E-state index < -0.39 is 6.55 Å². The molecule has 0 aliphatic carbocycles. The van der Waals surface area contributed by atoms with Crippen LogP contribution in [0.1, 0.15) is 32.1 Å². The molecule has 1 aromatic rings. The molecule has 0 radical (unpaired) electrons.